The minimum absolute atomic E-state index is 0.131. The van der Waals surface area contributed by atoms with E-state index in [1.807, 2.05) is 43.5 Å². The second kappa shape index (κ2) is 7.62. The lowest BCUT2D eigenvalue weighted by atomic mass is 10.3. The van der Waals surface area contributed by atoms with E-state index in [0.29, 0.717) is 11.7 Å². The first kappa shape index (κ1) is 17.4. The summed E-state index contributed by atoms with van der Waals surface area (Å²) >= 11 is 2.93. The summed E-state index contributed by atoms with van der Waals surface area (Å²) in [6.07, 6.45) is 0. The first-order valence-electron chi connectivity index (χ1n) is 7.76. The molecule has 2 aromatic heterocycles. The predicted molar refractivity (Wildman–Crippen MR) is 103 cm³/mol. The van der Waals surface area contributed by atoms with Crippen molar-refractivity contribution in [3.8, 4) is 16.3 Å². The van der Waals surface area contributed by atoms with Crippen molar-refractivity contribution in [3.05, 3.63) is 35.3 Å². The number of amides is 1. The number of anilines is 3. The molecule has 0 bridgehead atoms. The van der Waals surface area contributed by atoms with E-state index >= 15 is 0 Å². The summed E-state index contributed by atoms with van der Waals surface area (Å²) < 4.78 is 5.63. The highest BCUT2D eigenvalue weighted by Gasteiger charge is 2.14. The van der Waals surface area contributed by atoms with Gasteiger partial charge < -0.3 is 15.4 Å². The van der Waals surface area contributed by atoms with Gasteiger partial charge in [0.2, 0.25) is 5.91 Å². The van der Waals surface area contributed by atoms with E-state index < -0.39 is 0 Å². The van der Waals surface area contributed by atoms with Gasteiger partial charge in [-0.2, -0.15) is 0 Å². The Bertz CT molecular complexity index is 888. The zero-order valence-corrected chi connectivity index (χ0v) is 15.8. The second-order valence-electron chi connectivity index (χ2n) is 5.21. The van der Waals surface area contributed by atoms with Gasteiger partial charge in [-0.05, 0) is 26.0 Å². The highest BCUT2D eigenvalue weighted by atomic mass is 32.1. The zero-order valence-electron chi connectivity index (χ0n) is 14.1. The molecule has 0 aliphatic carbocycles. The number of hydrogen-bond donors (Lipinski definition) is 2. The van der Waals surface area contributed by atoms with Crippen molar-refractivity contribution in [1.29, 1.82) is 0 Å². The lowest BCUT2D eigenvalue weighted by Gasteiger charge is -2.09. The van der Waals surface area contributed by atoms with Crippen molar-refractivity contribution in [1.82, 2.24) is 9.97 Å². The van der Waals surface area contributed by atoms with Crippen LogP contribution in [0.3, 0.4) is 0 Å². The molecule has 0 saturated heterocycles. The SMILES string of the molecule is CCOc1ccccc1Nc1nc(-c2sc(NC(C)=O)nc2C)cs1. The molecule has 0 radical (unpaired) electrons. The Balaban J connectivity index is 1.81. The Morgan fingerprint density at radius 2 is 2.04 bits per heavy atom. The third-order valence-electron chi connectivity index (χ3n) is 3.24. The van der Waals surface area contributed by atoms with E-state index in [0.717, 1.165) is 32.8 Å². The van der Waals surface area contributed by atoms with Gasteiger partial charge in [-0.15, -0.1) is 11.3 Å². The lowest BCUT2D eigenvalue weighted by molar-refractivity contribution is -0.114. The van der Waals surface area contributed by atoms with Crippen LogP contribution in [0.4, 0.5) is 16.0 Å². The van der Waals surface area contributed by atoms with Crippen LogP contribution >= 0.6 is 22.7 Å². The Morgan fingerprint density at radius 3 is 2.80 bits per heavy atom. The van der Waals surface area contributed by atoms with Crippen molar-refractivity contribution in [2.45, 2.75) is 20.8 Å². The van der Waals surface area contributed by atoms with E-state index in [1.165, 1.54) is 29.6 Å². The summed E-state index contributed by atoms with van der Waals surface area (Å²) in [5.74, 6) is 0.664. The highest BCUT2D eigenvalue weighted by molar-refractivity contribution is 7.20. The molecule has 130 valence electrons. The number of benzene rings is 1. The largest absolute Gasteiger partial charge is 0.492 e. The maximum atomic E-state index is 11.2. The van der Waals surface area contributed by atoms with E-state index in [4.69, 9.17) is 4.74 Å². The molecule has 3 aromatic rings. The van der Waals surface area contributed by atoms with Gasteiger partial charge >= 0.3 is 0 Å². The molecule has 0 unspecified atom stereocenters. The van der Waals surface area contributed by atoms with E-state index in [-0.39, 0.29) is 5.91 Å². The fraction of sp³-hybridized carbons (Fsp3) is 0.235. The maximum Gasteiger partial charge on any atom is 0.223 e. The van der Waals surface area contributed by atoms with Crippen molar-refractivity contribution in [2.24, 2.45) is 0 Å². The number of ether oxygens (including phenoxy) is 1. The van der Waals surface area contributed by atoms with Gasteiger partial charge in [0.1, 0.15) is 5.75 Å². The molecule has 0 saturated carbocycles. The van der Waals surface area contributed by atoms with Crippen LogP contribution in [0, 0.1) is 6.92 Å². The van der Waals surface area contributed by atoms with Crippen LogP contribution in [0.25, 0.3) is 10.6 Å². The standard InChI is InChI=1S/C17H18N4O2S2/c1-4-23-14-8-6-5-7-12(14)20-16-21-13(9-24-16)15-10(2)18-17(25-15)19-11(3)22/h5-9H,4H2,1-3H3,(H,20,21)(H,18,19,22). The first-order chi connectivity index (χ1) is 12.1. The van der Waals surface area contributed by atoms with Gasteiger partial charge in [0.05, 0.1) is 28.6 Å². The van der Waals surface area contributed by atoms with Crippen molar-refractivity contribution in [2.75, 3.05) is 17.2 Å². The Hall–Kier alpha value is -2.45. The number of hydrogen-bond acceptors (Lipinski definition) is 7. The smallest absolute Gasteiger partial charge is 0.223 e. The molecule has 2 N–H and O–H groups in total. The Labute approximate surface area is 153 Å². The van der Waals surface area contributed by atoms with Gasteiger partial charge in [-0.25, -0.2) is 9.97 Å². The van der Waals surface area contributed by atoms with Crippen LogP contribution < -0.4 is 15.4 Å². The highest BCUT2D eigenvalue weighted by Crippen LogP contribution is 2.36. The third kappa shape index (κ3) is 4.15. The second-order valence-corrected chi connectivity index (χ2v) is 7.06. The number of carbonyl (C=O) groups is 1. The summed E-state index contributed by atoms with van der Waals surface area (Å²) in [4.78, 5) is 21.1. The van der Waals surface area contributed by atoms with Crippen molar-refractivity contribution >= 4 is 44.5 Å². The van der Waals surface area contributed by atoms with Crippen LogP contribution in [0.1, 0.15) is 19.5 Å². The molecule has 0 fully saturated rings. The number of rotatable bonds is 6. The van der Waals surface area contributed by atoms with E-state index in [1.54, 1.807) is 0 Å². The van der Waals surface area contributed by atoms with Crippen molar-refractivity contribution < 1.29 is 9.53 Å². The molecular formula is C17H18N4O2S2. The zero-order chi connectivity index (χ0) is 17.8. The molecule has 0 aliphatic rings. The summed E-state index contributed by atoms with van der Waals surface area (Å²) in [6, 6.07) is 7.77. The predicted octanol–water partition coefficient (Wildman–Crippen LogP) is 4.68. The fourth-order valence-corrected chi connectivity index (χ4v) is 4.00. The number of thiazole rings is 2. The number of nitrogens with zero attached hydrogens (tertiary/aromatic N) is 2. The summed E-state index contributed by atoms with van der Waals surface area (Å²) in [5.41, 5.74) is 2.57. The van der Waals surface area contributed by atoms with Gasteiger partial charge in [0.25, 0.3) is 0 Å². The van der Waals surface area contributed by atoms with Crippen LogP contribution in [-0.4, -0.2) is 22.5 Å². The molecule has 1 aromatic carbocycles. The monoisotopic (exact) mass is 374 g/mol. The summed E-state index contributed by atoms with van der Waals surface area (Å²) in [7, 11) is 0. The average Bonchev–Trinajstić information content (AvgIpc) is 3.15. The van der Waals surface area contributed by atoms with Crippen LogP contribution in [0.15, 0.2) is 29.6 Å². The normalized spacial score (nSPS) is 10.5. The molecule has 25 heavy (non-hydrogen) atoms. The van der Waals surface area contributed by atoms with E-state index in [9.17, 15) is 4.79 Å². The number of aryl methyl sites for hydroxylation is 1. The van der Waals surface area contributed by atoms with Crippen LogP contribution in [0.5, 0.6) is 5.75 Å². The maximum absolute atomic E-state index is 11.2. The van der Waals surface area contributed by atoms with Gasteiger partial charge in [-0.3, -0.25) is 4.79 Å². The summed E-state index contributed by atoms with van der Waals surface area (Å²) in [6.45, 7) is 5.94. The molecule has 8 heteroatoms. The average molecular weight is 374 g/mol. The third-order valence-corrected chi connectivity index (χ3v) is 5.10. The summed E-state index contributed by atoms with van der Waals surface area (Å²) in [5, 5.41) is 9.36. The number of para-hydroxylation sites is 2. The molecule has 6 nitrogen and oxygen atoms in total. The number of carbonyl (C=O) groups excluding carboxylic acids is 1. The molecular weight excluding hydrogens is 356 g/mol. The minimum atomic E-state index is -0.131. The van der Waals surface area contributed by atoms with Crippen LogP contribution in [0.2, 0.25) is 0 Å². The van der Waals surface area contributed by atoms with E-state index in [2.05, 4.69) is 20.6 Å². The quantitative estimate of drug-likeness (QED) is 0.655. The number of nitrogens with one attached hydrogen (secondary N) is 2. The Kier molecular flexibility index (Phi) is 5.30. The Morgan fingerprint density at radius 1 is 1.24 bits per heavy atom. The fourth-order valence-electron chi connectivity index (χ4n) is 2.24. The molecule has 0 aliphatic heterocycles. The van der Waals surface area contributed by atoms with Gasteiger partial charge in [-0.1, -0.05) is 23.5 Å². The molecule has 2 heterocycles. The van der Waals surface area contributed by atoms with Gasteiger partial charge in [0, 0.05) is 12.3 Å². The lowest BCUT2D eigenvalue weighted by Crippen LogP contribution is -2.04. The minimum Gasteiger partial charge on any atom is -0.492 e. The van der Waals surface area contributed by atoms with Crippen molar-refractivity contribution in [3.63, 3.8) is 0 Å². The topological polar surface area (TPSA) is 76.1 Å². The molecule has 3 rings (SSSR count). The number of aromatic nitrogens is 2. The van der Waals surface area contributed by atoms with Gasteiger partial charge in [0.15, 0.2) is 10.3 Å². The molecule has 1 amide bonds. The first-order valence-corrected chi connectivity index (χ1v) is 9.46. The molecule has 0 spiro atoms. The molecule has 0 atom stereocenters. The van der Waals surface area contributed by atoms with Crippen LogP contribution in [-0.2, 0) is 4.79 Å².